The van der Waals surface area contributed by atoms with E-state index in [4.69, 9.17) is 16.3 Å². The molecule has 3 amide bonds. The molecule has 1 heterocycles. The van der Waals surface area contributed by atoms with Crippen LogP contribution in [0.4, 0.5) is 11.4 Å². The van der Waals surface area contributed by atoms with E-state index >= 15 is 0 Å². The lowest BCUT2D eigenvalue weighted by atomic mass is 9.95. The summed E-state index contributed by atoms with van der Waals surface area (Å²) in [4.78, 5) is 39.7. The lowest BCUT2D eigenvalue weighted by Gasteiger charge is -2.27. The van der Waals surface area contributed by atoms with Crippen molar-refractivity contribution in [1.29, 1.82) is 0 Å². The molecule has 4 rings (SSSR count). The number of halogens is 1. The van der Waals surface area contributed by atoms with Crippen molar-refractivity contribution >= 4 is 40.7 Å². The standard InChI is InChI=1S/C26H31ClN4O4/c27-23-10-9-20(16-22(23)25(33)30-19-6-2-1-3-7-19)28-17-24(32)29-21-8-4-5-18(15-21)26(34)31-11-13-35-14-12-31/h4-5,8-10,15-16,19,28H,1-3,6-7,11-14,17H2,(H,29,32)(H,30,33). The van der Waals surface area contributed by atoms with Crippen LogP contribution < -0.4 is 16.0 Å². The summed E-state index contributed by atoms with van der Waals surface area (Å²) in [6, 6.07) is 12.1. The first-order chi connectivity index (χ1) is 17.0. The van der Waals surface area contributed by atoms with Crippen LogP contribution >= 0.6 is 11.6 Å². The zero-order chi connectivity index (χ0) is 24.6. The van der Waals surface area contributed by atoms with E-state index in [2.05, 4.69) is 16.0 Å². The molecule has 186 valence electrons. The van der Waals surface area contributed by atoms with Gasteiger partial charge in [0.2, 0.25) is 5.91 Å². The van der Waals surface area contributed by atoms with Gasteiger partial charge in [0.15, 0.2) is 0 Å². The second-order valence-corrected chi connectivity index (χ2v) is 9.30. The van der Waals surface area contributed by atoms with E-state index in [0.29, 0.717) is 53.8 Å². The van der Waals surface area contributed by atoms with E-state index in [9.17, 15) is 14.4 Å². The first kappa shape index (κ1) is 25.0. The fraction of sp³-hybridized carbons (Fsp3) is 0.423. The van der Waals surface area contributed by atoms with Crippen molar-refractivity contribution in [1.82, 2.24) is 10.2 Å². The maximum Gasteiger partial charge on any atom is 0.254 e. The Kier molecular flexibility index (Phi) is 8.60. The van der Waals surface area contributed by atoms with Gasteiger partial charge in [0, 0.05) is 36.1 Å². The van der Waals surface area contributed by atoms with Gasteiger partial charge in [-0.15, -0.1) is 0 Å². The molecule has 1 saturated carbocycles. The molecule has 3 N–H and O–H groups in total. The number of carbonyl (C=O) groups is 3. The maximum absolute atomic E-state index is 12.7. The molecule has 0 atom stereocenters. The summed E-state index contributed by atoms with van der Waals surface area (Å²) in [6.45, 7) is 2.17. The number of anilines is 2. The summed E-state index contributed by atoms with van der Waals surface area (Å²) in [5.41, 5.74) is 2.06. The van der Waals surface area contributed by atoms with Crippen LogP contribution in [0.5, 0.6) is 0 Å². The number of hydrogen-bond acceptors (Lipinski definition) is 5. The third kappa shape index (κ3) is 6.96. The number of morpholine rings is 1. The highest BCUT2D eigenvalue weighted by Gasteiger charge is 2.20. The molecule has 2 aliphatic rings. The van der Waals surface area contributed by atoms with Crippen molar-refractivity contribution in [3.05, 3.63) is 58.6 Å². The second-order valence-electron chi connectivity index (χ2n) is 8.89. The molecule has 0 aromatic heterocycles. The number of rotatable bonds is 7. The van der Waals surface area contributed by atoms with Crippen LogP contribution in [0.1, 0.15) is 52.8 Å². The number of nitrogens with zero attached hydrogens (tertiary/aromatic N) is 1. The predicted molar refractivity (Wildman–Crippen MR) is 136 cm³/mol. The molecule has 0 unspecified atom stereocenters. The summed E-state index contributed by atoms with van der Waals surface area (Å²) >= 11 is 6.27. The number of ether oxygens (including phenoxy) is 1. The molecule has 0 radical (unpaired) electrons. The minimum atomic E-state index is -0.274. The molecule has 2 aromatic rings. The molecule has 1 saturated heterocycles. The normalized spacial score (nSPS) is 16.4. The smallest absolute Gasteiger partial charge is 0.254 e. The molecule has 35 heavy (non-hydrogen) atoms. The van der Waals surface area contributed by atoms with Gasteiger partial charge in [-0.3, -0.25) is 14.4 Å². The van der Waals surface area contributed by atoms with E-state index in [-0.39, 0.29) is 30.3 Å². The van der Waals surface area contributed by atoms with E-state index in [0.717, 1.165) is 25.7 Å². The number of amides is 3. The summed E-state index contributed by atoms with van der Waals surface area (Å²) < 4.78 is 5.30. The molecule has 1 aliphatic heterocycles. The van der Waals surface area contributed by atoms with Crippen LogP contribution in [0, 0.1) is 0 Å². The van der Waals surface area contributed by atoms with Gasteiger partial charge in [-0.1, -0.05) is 36.9 Å². The molecular weight excluding hydrogens is 468 g/mol. The highest BCUT2D eigenvalue weighted by atomic mass is 35.5. The van der Waals surface area contributed by atoms with E-state index < -0.39 is 0 Å². The van der Waals surface area contributed by atoms with Crippen molar-refractivity contribution in [2.75, 3.05) is 43.5 Å². The minimum absolute atomic E-state index is 0.00699. The monoisotopic (exact) mass is 498 g/mol. The third-order valence-electron chi connectivity index (χ3n) is 6.30. The first-order valence-electron chi connectivity index (χ1n) is 12.1. The quantitative estimate of drug-likeness (QED) is 0.537. The molecule has 0 spiro atoms. The van der Waals surface area contributed by atoms with Crippen LogP contribution in [0.3, 0.4) is 0 Å². The number of nitrogens with one attached hydrogen (secondary N) is 3. The molecule has 2 aromatic carbocycles. The summed E-state index contributed by atoms with van der Waals surface area (Å²) in [6.07, 6.45) is 5.43. The van der Waals surface area contributed by atoms with Gasteiger partial charge in [0.25, 0.3) is 11.8 Å². The van der Waals surface area contributed by atoms with Crippen molar-refractivity contribution in [2.24, 2.45) is 0 Å². The Hall–Kier alpha value is -3.10. The van der Waals surface area contributed by atoms with E-state index in [1.807, 2.05) is 0 Å². The minimum Gasteiger partial charge on any atom is -0.378 e. The van der Waals surface area contributed by atoms with E-state index in [1.165, 1.54) is 6.42 Å². The van der Waals surface area contributed by atoms with Crippen molar-refractivity contribution in [2.45, 2.75) is 38.1 Å². The largest absolute Gasteiger partial charge is 0.378 e. The zero-order valence-electron chi connectivity index (χ0n) is 19.6. The Morgan fingerprint density at radius 2 is 1.74 bits per heavy atom. The van der Waals surface area contributed by atoms with Gasteiger partial charge >= 0.3 is 0 Å². The van der Waals surface area contributed by atoms with Gasteiger partial charge in [0.05, 0.1) is 30.3 Å². The predicted octanol–water partition coefficient (Wildman–Crippen LogP) is 3.93. The van der Waals surface area contributed by atoms with E-state index in [1.54, 1.807) is 47.4 Å². The van der Waals surface area contributed by atoms with Crippen LogP contribution in [0.15, 0.2) is 42.5 Å². The Bertz CT molecular complexity index is 1070. The Morgan fingerprint density at radius 3 is 2.51 bits per heavy atom. The molecular formula is C26H31ClN4O4. The van der Waals surface area contributed by atoms with Gasteiger partial charge < -0.3 is 25.6 Å². The molecule has 9 heteroatoms. The van der Waals surface area contributed by atoms with Crippen LogP contribution in [0.25, 0.3) is 0 Å². The van der Waals surface area contributed by atoms with Gasteiger partial charge in [-0.2, -0.15) is 0 Å². The molecule has 1 aliphatic carbocycles. The average molecular weight is 499 g/mol. The third-order valence-corrected chi connectivity index (χ3v) is 6.63. The lowest BCUT2D eigenvalue weighted by Crippen LogP contribution is -2.40. The Labute approximate surface area is 210 Å². The SMILES string of the molecule is O=C(CNc1ccc(Cl)c(C(=O)NC2CCCCC2)c1)Nc1cccc(C(=O)N2CCOCC2)c1. The highest BCUT2D eigenvalue weighted by molar-refractivity contribution is 6.34. The second kappa shape index (κ2) is 12.0. The Morgan fingerprint density at radius 1 is 0.971 bits per heavy atom. The summed E-state index contributed by atoms with van der Waals surface area (Å²) in [7, 11) is 0. The van der Waals surface area contributed by atoms with Gasteiger partial charge in [-0.25, -0.2) is 0 Å². The summed E-state index contributed by atoms with van der Waals surface area (Å²) in [5.74, 6) is -0.552. The zero-order valence-corrected chi connectivity index (χ0v) is 20.4. The fourth-order valence-corrected chi connectivity index (χ4v) is 4.59. The van der Waals surface area contributed by atoms with Gasteiger partial charge in [-0.05, 0) is 49.2 Å². The van der Waals surface area contributed by atoms with Gasteiger partial charge in [0.1, 0.15) is 0 Å². The van der Waals surface area contributed by atoms with Crippen LogP contribution in [-0.2, 0) is 9.53 Å². The molecule has 2 fully saturated rings. The first-order valence-corrected chi connectivity index (χ1v) is 12.5. The topological polar surface area (TPSA) is 99.8 Å². The van der Waals surface area contributed by atoms with Crippen molar-refractivity contribution < 1.29 is 19.1 Å². The fourth-order valence-electron chi connectivity index (χ4n) is 4.39. The lowest BCUT2D eigenvalue weighted by molar-refractivity contribution is -0.114. The Balaban J connectivity index is 1.32. The van der Waals surface area contributed by atoms with Crippen LogP contribution in [-0.4, -0.2) is 61.5 Å². The number of benzene rings is 2. The average Bonchev–Trinajstić information content (AvgIpc) is 2.89. The molecule has 8 nitrogen and oxygen atoms in total. The number of hydrogen-bond donors (Lipinski definition) is 3. The van der Waals surface area contributed by atoms with Crippen molar-refractivity contribution in [3.8, 4) is 0 Å². The van der Waals surface area contributed by atoms with Crippen molar-refractivity contribution in [3.63, 3.8) is 0 Å². The highest BCUT2D eigenvalue weighted by Crippen LogP contribution is 2.23. The summed E-state index contributed by atoms with van der Waals surface area (Å²) in [5, 5.41) is 9.29. The van der Waals surface area contributed by atoms with Crippen LogP contribution in [0.2, 0.25) is 5.02 Å². The number of carbonyl (C=O) groups excluding carboxylic acids is 3. The maximum atomic E-state index is 12.7. The molecule has 0 bridgehead atoms.